The van der Waals surface area contributed by atoms with Gasteiger partial charge in [-0.3, -0.25) is 19.9 Å². The fourth-order valence-electron chi connectivity index (χ4n) is 5.63. The molecule has 0 aliphatic rings. The van der Waals surface area contributed by atoms with Crippen LogP contribution in [0.15, 0.2) is 122 Å². The first-order valence-corrected chi connectivity index (χ1v) is 12.4. The zero-order chi connectivity index (χ0) is 25.1. The fourth-order valence-corrected chi connectivity index (χ4v) is 5.63. The average molecular weight is 489 g/mol. The van der Waals surface area contributed by atoms with Gasteiger partial charge in [-0.2, -0.15) is 0 Å². The molecule has 178 valence electrons. The van der Waals surface area contributed by atoms with Gasteiger partial charge in [-0.1, -0.05) is 30.3 Å². The van der Waals surface area contributed by atoms with Crippen molar-refractivity contribution in [3.63, 3.8) is 0 Å². The van der Waals surface area contributed by atoms with Gasteiger partial charge >= 0.3 is 0 Å². The van der Waals surface area contributed by atoms with Gasteiger partial charge in [0, 0.05) is 82.5 Å². The number of pyridine rings is 4. The fraction of sp³-hybridized carbons (Fsp3) is 0. The van der Waals surface area contributed by atoms with Crippen LogP contribution in [0.5, 0.6) is 0 Å². The predicted molar refractivity (Wildman–Crippen MR) is 152 cm³/mol. The van der Waals surface area contributed by atoms with Crippen molar-refractivity contribution in [2.75, 3.05) is 0 Å². The summed E-state index contributed by atoms with van der Waals surface area (Å²) in [6, 6.07) is 25.6. The lowest BCUT2D eigenvalue weighted by Crippen LogP contribution is -2.00. The third kappa shape index (κ3) is 3.01. The minimum Gasteiger partial charge on any atom is -0.309 e. The summed E-state index contributed by atoms with van der Waals surface area (Å²) >= 11 is 0. The highest BCUT2D eigenvalue weighted by molar-refractivity contribution is 6.10. The Morgan fingerprint density at radius 1 is 0.395 bits per heavy atom. The van der Waals surface area contributed by atoms with Crippen molar-refractivity contribution in [3.8, 4) is 22.5 Å². The Hall–Kier alpha value is -5.36. The van der Waals surface area contributed by atoms with Crippen molar-refractivity contribution < 1.29 is 0 Å². The Bertz CT molecular complexity index is 1900. The van der Waals surface area contributed by atoms with Crippen molar-refractivity contribution in [2.24, 2.45) is 0 Å². The SMILES string of the molecule is c1ccc(-c2cc(-n3c4ccncc4c4cnccc43)cc(-n3c4ccncc4c4cnccc43)c2)cc1. The zero-order valence-corrected chi connectivity index (χ0v) is 20.2. The van der Waals surface area contributed by atoms with Crippen LogP contribution in [-0.4, -0.2) is 29.1 Å². The van der Waals surface area contributed by atoms with Gasteiger partial charge in [0.2, 0.25) is 0 Å². The molecular formula is C32H20N6. The minimum atomic E-state index is 1.07. The molecule has 0 atom stereocenters. The lowest BCUT2D eigenvalue weighted by Gasteiger charge is -2.15. The molecule has 0 bridgehead atoms. The van der Waals surface area contributed by atoms with Crippen LogP contribution in [-0.2, 0) is 0 Å². The topological polar surface area (TPSA) is 61.4 Å². The number of hydrogen-bond donors (Lipinski definition) is 0. The summed E-state index contributed by atoms with van der Waals surface area (Å²) in [6.07, 6.45) is 15.1. The summed E-state index contributed by atoms with van der Waals surface area (Å²) in [5.41, 5.74) is 8.79. The van der Waals surface area contributed by atoms with Crippen LogP contribution in [0.4, 0.5) is 0 Å². The van der Waals surface area contributed by atoms with E-state index in [1.54, 1.807) is 0 Å². The van der Waals surface area contributed by atoms with Crippen LogP contribution < -0.4 is 0 Å². The zero-order valence-electron chi connectivity index (χ0n) is 20.2. The predicted octanol–water partition coefficient (Wildman–Crippen LogP) is 7.13. The summed E-state index contributed by atoms with van der Waals surface area (Å²) in [4.78, 5) is 17.6. The smallest absolute Gasteiger partial charge is 0.0572 e. The first kappa shape index (κ1) is 20.8. The van der Waals surface area contributed by atoms with Gasteiger partial charge in [-0.05, 0) is 53.6 Å². The molecule has 0 radical (unpaired) electrons. The monoisotopic (exact) mass is 488 g/mol. The molecule has 38 heavy (non-hydrogen) atoms. The van der Waals surface area contributed by atoms with Crippen LogP contribution in [0.2, 0.25) is 0 Å². The Kier molecular flexibility index (Phi) is 4.42. The van der Waals surface area contributed by atoms with E-state index >= 15 is 0 Å². The van der Waals surface area contributed by atoms with Crippen LogP contribution >= 0.6 is 0 Å². The van der Waals surface area contributed by atoms with E-state index in [1.165, 1.54) is 0 Å². The van der Waals surface area contributed by atoms with Gasteiger partial charge in [0.25, 0.3) is 0 Å². The third-order valence-corrected chi connectivity index (χ3v) is 7.26. The summed E-state index contributed by atoms with van der Waals surface area (Å²) < 4.78 is 4.61. The molecule has 0 unspecified atom stereocenters. The number of aromatic nitrogens is 6. The van der Waals surface area contributed by atoms with Crippen LogP contribution in [0.25, 0.3) is 66.1 Å². The van der Waals surface area contributed by atoms with Crippen molar-refractivity contribution in [1.29, 1.82) is 0 Å². The van der Waals surface area contributed by atoms with E-state index in [0.717, 1.165) is 66.1 Å². The maximum absolute atomic E-state index is 4.40. The number of fused-ring (bicyclic) bond motifs is 6. The lowest BCUT2D eigenvalue weighted by atomic mass is 10.0. The summed E-state index contributed by atoms with van der Waals surface area (Å²) in [5, 5.41) is 4.32. The van der Waals surface area contributed by atoms with E-state index in [4.69, 9.17) is 0 Å². The molecule has 0 saturated heterocycles. The maximum Gasteiger partial charge on any atom is 0.0572 e. The Labute approximate surface area is 217 Å². The molecular weight excluding hydrogens is 468 g/mol. The normalized spacial score (nSPS) is 11.7. The largest absolute Gasteiger partial charge is 0.309 e. The number of benzene rings is 2. The third-order valence-electron chi connectivity index (χ3n) is 7.26. The highest BCUT2D eigenvalue weighted by atomic mass is 15.0. The maximum atomic E-state index is 4.40. The molecule has 0 fully saturated rings. The molecule has 0 spiro atoms. The van der Waals surface area contributed by atoms with Gasteiger partial charge in [-0.25, -0.2) is 0 Å². The van der Waals surface area contributed by atoms with Gasteiger partial charge in [-0.15, -0.1) is 0 Å². The van der Waals surface area contributed by atoms with E-state index in [0.29, 0.717) is 0 Å². The van der Waals surface area contributed by atoms with Gasteiger partial charge in [0.15, 0.2) is 0 Å². The standard InChI is InChI=1S/C32H20N6/c1-2-4-21(5-3-1)22-14-23(37-29-6-10-33-17-25(29)26-18-34-11-7-30(26)37)16-24(15-22)38-31-8-12-35-19-27(31)28-20-36-13-9-32(28)38/h1-20H. The van der Waals surface area contributed by atoms with Crippen LogP contribution in [0.1, 0.15) is 0 Å². The molecule has 0 amide bonds. The van der Waals surface area contributed by atoms with E-state index in [9.17, 15) is 0 Å². The number of nitrogens with zero attached hydrogens (tertiary/aromatic N) is 6. The molecule has 6 heterocycles. The van der Waals surface area contributed by atoms with Crippen molar-refractivity contribution in [1.82, 2.24) is 29.1 Å². The second-order valence-electron chi connectivity index (χ2n) is 9.35. The minimum absolute atomic E-state index is 1.07. The molecule has 0 aliphatic carbocycles. The molecule has 0 N–H and O–H groups in total. The first-order valence-electron chi connectivity index (χ1n) is 12.4. The van der Waals surface area contributed by atoms with Gasteiger partial charge in [0.05, 0.1) is 22.1 Å². The Balaban J connectivity index is 1.51. The molecule has 2 aromatic carbocycles. The molecule has 8 rings (SSSR count). The highest BCUT2D eigenvalue weighted by Crippen LogP contribution is 2.36. The number of hydrogen-bond acceptors (Lipinski definition) is 4. The van der Waals surface area contributed by atoms with Gasteiger partial charge < -0.3 is 9.13 Å². The van der Waals surface area contributed by atoms with E-state index in [1.807, 2.05) is 55.6 Å². The van der Waals surface area contributed by atoms with E-state index in [2.05, 4.69) is 95.8 Å². The second kappa shape index (κ2) is 8.08. The summed E-state index contributed by atoms with van der Waals surface area (Å²) in [5.74, 6) is 0. The second-order valence-corrected chi connectivity index (χ2v) is 9.35. The van der Waals surface area contributed by atoms with E-state index < -0.39 is 0 Å². The molecule has 6 heteroatoms. The van der Waals surface area contributed by atoms with Crippen molar-refractivity contribution in [2.45, 2.75) is 0 Å². The molecule has 0 saturated carbocycles. The Morgan fingerprint density at radius 3 is 1.18 bits per heavy atom. The summed E-state index contributed by atoms with van der Waals surface area (Å²) in [7, 11) is 0. The summed E-state index contributed by atoms with van der Waals surface area (Å²) in [6.45, 7) is 0. The van der Waals surface area contributed by atoms with Crippen LogP contribution in [0.3, 0.4) is 0 Å². The van der Waals surface area contributed by atoms with Crippen molar-refractivity contribution >= 4 is 43.6 Å². The first-order chi connectivity index (χ1) is 18.9. The Morgan fingerprint density at radius 2 is 0.789 bits per heavy atom. The molecule has 6 aromatic heterocycles. The molecule has 8 aromatic rings. The van der Waals surface area contributed by atoms with Crippen molar-refractivity contribution in [3.05, 3.63) is 122 Å². The molecule has 0 aliphatic heterocycles. The van der Waals surface area contributed by atoms with Crippen LogP contribution in [0, 0.1) is 0 Å². The highest BCUT2D eigenvalue weighted by Gasteiger charge is 2.17. The number of rotatable bonds is 3. The lowest BCUT2D eigenvalue weighted by molar-refractivity contribution is 1.13. The average Bonchev–Trinajstić information content (AvgIpc) is 3.51. The van der Waals surface area contributed by atoms with E-state index in [-0.39, 0.29) is 0 Å². The quantitative estimate of drug-likeness (QED) is 0.265. The molecule has 6 nitrogen and oxygen atoms in total. The van der Waals surface area contributed by atoms with Gasteiger partial charge in [0.1, 0.15) is 0 Å².